The van der Waals surface area contributed by atoms with E-state index in [0.29, 0.717) is 23.3 Å². The van der Waals surface area contributed by atoms with E-state index in [1.54, 1.807) is 24.4 Å². The fourth-order valence-corrected chi connectivity index (χ4v) is 2.09. The van der Waals surface area contributed by atoms with Crippen molar-refractivity contribution < 1.29 is 9.18 Å². The van der Waals surface area contributed by atoms with Crippen molar-refractivity contribution in [2.45, 2.75) is 0 Å². The maximum atomic E-state index is 14.5. The third kappa shape index (κ3) is 2.14. The number of anilines is 4. The fourth-order valence-electron chi connectivity index (χ4n) is 2.09. The van der Waals surface area contributed by atoms with Gasteiger partial charge >= 0.3 is 0 Å². The number of carbonyl (C=O) groups excluding carboxylic acids is 1. The number of nitrogens with one attached hydrogen (secondary N) is 1. The van der Waals surface area contributed by atoms with Crippen LogP contribution in [0.3, 0.4) is 0 Å². The number of carbonyl (C=O) groups is 1. The predicted octanol–water partition coefficient (Wildman–Crippen LogP) is 2.19. The summed E-state index contributed by atoms with van der Waals surface area (Å²) in [5.74, 6) is -0.624. The lowest BCUT2D eigenvalue weighted by Crippen LogP contribution is -2.05. The SMILES string of the molecule is Nc1ccc(Nc2c(C=O)cn3ccnc3c2F)c(N)c1. The summed E-state index contributed by atoms with van der Waals surface area (Å²) in [7, 11) is 0. The number of imidazole rings is 1. The van der Waals surface area contributed by atoms with Gasteiger partial charge in [0.25, 0.3) is 0 Å². The minimum Gasteiger partial charge on any atom is -0.399 e. The molecule has 0 aliphatic heterocycles. The van der Waals surface area contributed by atoms with E-state index in [1.165, 1.54) is 16.8 Å². The molecule has 5 N–H and O–H groups in total. The third-order valence-corrected chi connectivity index (χ3v) is 3.11. The van der Waals surface area contributed by atoms with Crippen LogP contribution in [-0.2, 0) is 0 Å². The second-order valence-corrected chi connectivity index (χ2v) is 4.52. The quantitative estimate of drug-likeness (QED) is 0.506. The Bertz CT molecular complexity index is 843. The molecule has 2 heterocycles. The standard InChI is InChI=1S/C14H12FN5O/c15-12-13(19-11-2-1-9(16)5-10(11)17)8(7-21)6-20-4-3-18-14(12)20/h1-7,19H,16-17H2. The molecule has 0 atom stereocenters. The molecule has 106 valence electrons. The molecule has 0 radical (unpaired) electrons. The van der Waals surface area contributed by atoms with Crippen LogP contribution in [0.25, 0.3) is 5.65 Å². The van der Waals surface area contributed by atoms with Crippen LogP contribution in [0.1, 0.15) is 10.4 Å². The number of aromatic nitrogens is 2. The van der Waals surface area contributed by atoms with Crippen LogP contribution < -0.4 is 16.8 Å². The lowest BCUT2D eigenvalue weighted by atomic mass is 10.2. The topological polar surface area (TPSA) is 98.4 Å². The van der Waals surface area contributed by atoms with Gasteiger partial charge in [-0.05, 0) is 18.2 Å². The average Bonchev–Trinajstić information content (AvgIpc) is 2.92. The number of pyridine rings is 1. The van der Waals surface area contributed by atoms with Crippen LogP contribution >= 0.6 is 0 Å². The van der Waals surface area contributed by atoms with E-state index >= 15 is 0 Å². The molecule has 7 heteroatoms. The summed E-state index contributed by atoms with van der Waals surface area (Å²) in [5, 5.41) is 2.83. The van der Waals surface area contributed by atoms with Gasteiger partial charge < -0.3 is 21.2 Å². The number of nitrogen functional groups attached to an aromatic ring is 2. The van der Waals surface area contributed by atoms with Crippen LogP contribution in [0.15, 0.2) is 36.8 Å². The molecule has 3 rings (SSSR count). The van der Waals surface area contributed by atoms with Crippen molar-refractivity contribution in [3.05, 3.63) is 48.2 Å². The lowest BCUT2D eigenvalue weighted by molar-refractivity contribution is 0.112. The molecule has 2 aromatic heterocycles. The highest BCUT2D eigenvalue weighted by Gasteiger charge is 2.15. The highest BCUT2D eigenvalue weighted by molar-refractivity contribution is 5.89. The number of rotatable bonds is 3. The van der Waals surface area contributed by atoms with E-state index < -0.39 is 5.82 Å². The monoisotopic (exact) mass is 285 g/mol. The maximum absolute atomic E-state index is 14.5. The van der Waals surface area contributed by atoms with Crippen LogP contribution in [-0.4, -0.2) is 15.7 Å². The van der Waals surface area contributed by atoms with Crippen molar-refractivity contribution in [1.82, 2.24) is 9.38 Å². The van der Waals surface area contributed by atoms with Crippen LogP contribution in [0, 0.1) is 5.82 Å². The highest BCUT2D eigenvalue weighted by atomic mass is 19.1. The zero-order chi connectivity index (χ0) is 15.0. The van der Waals surface area contributed by atoms with E-state index in [4.69, 9.17) is 11.5 Å². The lowest BCUT2D eigenvalue weighted by Gasteiger charge is -2.13. The van der Waals surface area contributed by atoms with Crippen molar-refractivity contribution in [2.75, 3.05) is 16.8 Å². The number of benzene rings is 1. The molecular formula is C14H12FN5O. The molecule has 21 heavy (non-hydrogen) atoms. The smallest absolute Gasteiger partial charge is 0.190 e. The maximum Gasteiger partial charge on any atom is 0.190 e. The first-order valence-electron chi connectivity index (χ1n) is 6.12. The molecule has 0 aliphatic rings. The minimum atomic E-state index is -0.624. The summed E-state index contributed by atoms with van der Waals surface area (Å²) in [6.45, 7) is 0. The largest absolute Gasteiger partial charge is 0.399 e. The highest BCUT2D eigenvalue weighted by Crippen LogP contribution is 2.29. The van der Waals surface area contributed by atoms with E-state index in [2.05, 4.69) is 10.3 Å². The van der Waals surface area contributed by atoms with Crippen molar-refractivity contribution in [3.8, 4) is 0 Å². The van der Waals surface area contributed by atoms with Crippen LogP contribution in [0.2, 0.25) is 0 Å². The molecule has 0 amide bonds. The Morgan fingerprint density at radius 1 is 1.33 bits per heavy atom. The predicted molar refractivity (Wildman–Crippen MR) is 79.1 cm³/mol. The fraction of sp³-hybridized carbons (Fsp3) is 0. The summed E-state index contributed by atoms with van der Waals surface area (Å²) in [6, 6.07) is 4.80. The van der Waals surface area contributed by atoms with Gasteiger partial charge in [0, 0.05) is 24.3 Å². The number of halogens is 1. The van der Waals surface area contributed by atoms with Crippen LogP contribution in [0.5, 0.6) is 0 Å². The third-order valence-electron chi connectivity index (χ3n) is 3.11. The Morgan fingerprint density at radius 3 is 2.86 bits per heavy atom. The Balaban J connectivity index is 2.14. The zero-order valence-electron chi connectivity index (χ0n) is 10.9. The normalized spacial score (nSPS) is 10.7. The second-order valence-electron chi connectivity index (χ2n) is 4.52. The summed E-state index contributed by atoms with van der Waals surface area (Å²) in [5.41, 5.74) is 13.1. The number of nitrogens with zero attached hydrogens (tertiary/aromatic N) is 2. The number of hydrogen-bond donors (Lipinski definition) is 3. The van der Waals surface area contributed by atoms with E-state index in [9.17, 15) is 9.18 Å². The van der Waals surface area contributed by atoms with Gasteiger partial charge in [-0.25, -0.2) is 9.37 Å². The molecule has 0 saturated carbocycles. The van der Waals surface area contributed by atoms with Gasteiger partial charge in [-0.15, -0.1) is 0 Å². The number of nitrogens with two attached hydrogens (primary N) is 2. The van der Waals surface area contributed by atoms with Gasteiger partial charge in [0.1, 0.15) is 0 Å². The van der Waals surface area contributed by atoms with E-state index in [-0.39, 0.29) is 16.9 Å². The molecular weight excluding hydrogens is 273 g/mol. The van der Waals surface area contributed by atoms with Crippen molar-refractivity contribution in [2.24, 2.45) is 0 Å². The Labute approximate surface area is 119 Å². The first-order chi connectivity index (χ1) is 10.1. The number of hydrogen-bond acceptors (Lipinski definition) is 5. The molecule has 0 fully saturated rings. The van der Waals surface area contributed by atoms with Gasteiger partial charge in [0.15, 0.2) is 17.8 Å². The molecule has 1 aromatic carbocycles. The molecule has 6 nitrogen and oxygen atoms in total. The molecule has 0 aliphatic carbocycles. The van der Waals surface area contributed by atoms with Crippen molar-refractivity contribution in [1.29, 1.82) is 0 Å². The Hall–Kier alpha value is -3.09. The van der Waals surface area contributed by atoms with E-state index in [1.807, 2.05) is 0 Å². The summed E-state index contributed by atoms with van der Waals surface area (Å²) < 4.78 is 15.9. The Morgan fingerprint density at radius 2 is 2.14 bits per heavy atom. The average molecular weight is 285 g/mol. The first kappa shape index (κ1) is 12.9. The summed E-state index contributed by atoms with van der Waals surface area (Å²) in [6.07, 6.45) is 5.08. The summed E-state index contributed by atoms with van der Waals surface area (Å²) in [4.78, 5) is 15.1. The van der Waals surface area contributed by atoms with E-state index in [0.717, 1.165) is 0 Å². The molecule has 0 saturated heterocycles. The van der Waals surface area contributed by atoms with Gasteiger partial charge in [0.05, 0.1) is 22.6 Å². The van der Waals surface area contributed by atoms with Crippen molar-refractivity contribution in [3.63, 3.8) is 0 Å². The molecule has 0 spiro atoms. The minimum absolute atomic E-state index is 0.0279. The molecule has 3 aromatic rings. The van der Waals surface area contributed by atoms with Gasteiger partial charge in [0.2, 0.25) is 0 Å². The van der Waals surface area contributed by atoms with Gasteiger partial charge in [-0.3, -0.25) is 4.79 Å². The van der Waals surface area contributed by atoms with Gasteiger partial charge in [-0.2, -0.15) is 0 Å². The first-order valence-corrected chi connectivity index (χ1v) is 6.12. The van der Waals surface area contributed by atoms with Crippen LogP contribution in [0.4, 0.5) is 27.1 Å². The number of aldehydes is 1. The van der Waals surface area contributed by atoms with Gasteiger partial charge in [-0.1, -0.05) is 0 Å². The Kier molecular flexibility index (Phi) is 2.94. The molecule has 0 unspecified atom stereocenters. The summed E-state index contributed by atoms with van der Waals surface area (Å²) >= 11 is 0. The number of fused-ring (bicyclic) bond motifs is 1. The second kappa shape index (κ2) is 4.78. The molecule has 0 bridgehead atoms. The van der Waals surface area contributed by atoms with Crippen molar-refractivity contribution >= 4 is 34.7 Å². The zero-order valence-corrected chi connectivity index (χ0v) is 10.9.